The van der Waals surface area contributed by atoms with Crippen LogP contribution in [0.15, 0.2) is 59.8 Å². The van der Waals surface area contributed by atoms with Crippen LogP contribution in [0.2, 0.25) is 10.0 Å². The molecule has 1 atom stereocenters. The summed E-state index contributed by atoms with van der Waals surface area (Å²) in [6, 6.07) is 13.7. The van der Waals surface area contributed by atoms with Crippen LogP contribution in [-0.4, -0.2) is 25.0 Å². The van der Waals surface area contributed by atoms with Crippen molar-refractivity contribution in [3.05, 3.63) is 92.1 Å². The largest absolute Gasteiger partial charge is 0.493 e. The number of fused-ring (bicyclic) bond motifs is 1. The Morgan fingerprint density at radius 1 is 1.09 bits per heavy atom. The predicted octanol–water partition coefficient (Wildman–Crippen LogP) is 6.06. The number of carbonyl (C=O) groups is 2. The molecule has 4 rings (SSSR count). The third-order valence-electron chi connectivity index (χ3n) is 5.53. The molecule has 0 fully saturated rings. The fraction of sp³-hybridized carbons (Fsp3) is 0.200. The Kier molecular flexibility index (Phi) is 7.63. The summed E-state index contributed by atoms with van der Waals surface area (Å²) >= 11 is 12.3. The molecule has 10 heteroatoms. The summed E-state index contributed by atoms with van der Waals surface area (Å²) in [6.07, 6.45) is 0.800. The second kappa shape index (κ2) is 10.8. The Balaban J connectivity index is 1.39. The summed E-state index contributed by atoms with van der Waals surface area (Å²) in [4.78, 5) is 34.9. The topological polar surface area (TPSA) is 94.1 Å². The average molecular weight is 517 g/mol. The maximum atomic E-state index is 13.1. The lowest BCUT2D eigenvalue weighted by Crippen LogP contribution is -2.25. The summed E-state index contributed by atoms with van der Waals surface area (Å²) in [5, 5.41) is 5.87. The van der Waals surface area contributed by atoms with Gasteiger partial charge in [0, 0.05) is 33.9 Å². The Labute approximate surface area is 210 Å². The summed E-state index contributed by atoms with van der Waals surface area (Å²) in [5.41, 5.74) is 1.65. The molecule has 0 spiro atoms. The lowest BCUT2D eigenvalue weighted by Gasteiger charge is -2.24. The van der Waals surface area contributed by atoms with E-state index in [0.29, 0.717) is 52.8 Å². The standard InChI is InChI=1S/C25H19Cl2FN2O5/c26-20-11-16(28)4-1-14(20)7-9-29-24(31)15-2-5-17(6-3-15)35-23-13-22-19(12-21(23)27)18(8-10-34-22)25(32)30-33/h1-6,11-13,18H,7-10H2,(H,29,31). The molecule has 1 aliphatic heterocycles. The van der Waals surface area contributed by atoms with Gasteiger partial charge in [-0.1, -0.05) is 29.3 Å². The van der Waals surface area contributed by atoms with E-state index in [1.165, 1.54) is 18.2 Å². The van der Waals surface area contributed by atoms with Gasteiger partial charge in [-0.2, -0.15) is 0 Å². The first-order valence-corrected chi connectivity index (χ1v) is 11.4. The molecule has 1 N–H and O–H groups in total. The number of carbonyl (C=O) groups excluding carboxylic acids is 2. The van der Waals surface area contributed by atoms with Crippen molar-refractivity contribution in [1.82, 2.24) is 5.32 Å². The molecular weight excluding hydrogens is 498 g/mol. The van der Waals surface area contributed by atoms with E-state index in [1.54, 1.807) is 36.4 Å². The van der Waals surface area contributed by atoms with Crippen molar-refractivity contribution in [2.45, 2.75) is 18.8 Å². The molecule has 1 heterocycles. The highest BCUT2D eigenvalue weighted by Gasteiger charge is 2.30. The number of rotatable bonds is 7. The number of hydrogen-bond donors (Lipinski definition) is 1. The minimum Gasteiger partial charge on any atom is -0.493 e. The minimum atomic E-state index is -0.770. The number of hydrogen-bond acceptors (Lipinski definition) is 5. The van der Waals surface area contributed by atoms with E-state index in [2.05, 4.69) is 10.5 Å². The van der Waals surface area contributed by atoms with Crippen LogP contribution in [0.5, 0.6) is 17.2 Å². The highest BCUT2D eigenvalue weighted by molar-refractivity contribution is 6.32. The van der Waals surface area contributed by atoms with Gasteiger partial charge in [0.15, 0.2) is 0 Å². The van der Waals surface area contributed by atoms with Crippen molar-refractivity contribution in [3.63, 3.8) is 0 Å². The number of nitrogens with one attached hydrogen (secondary N) is 1. The third kappa shape index (κ3) is 5.78. The molecule has 0 saturated carbocycles. The molecule has 180 valence electrons. The van der Waals surface area contributed by atoms with E-state index < -0.39 is 17.6 Å². The second-order valence-electron chi connectivity index (χ2n) is 7.81. The zero-order valence-corrected chi connectivity index (χ0v) is 19.7. The van der Waals surface area contributed by atoms with Gasteiger partial charge in [-0.3, -0.25) is 9.59 Å². The van der Waals surface area contributed by atoms with Gasteiger partial charge in [-0.25, -0.2) is 4.39 Å². The highest BCUT2D eigenvalue weighted by Crippen LogP contribution is 2.42. The van der Waals surface area contributed by atoms with Gasteiger partial charge >= 0.3 is 0 Å². The van der Waals surface area contributed by atoms with Crippen molar-refractivity contribution in [2.24, 2.45) is 5.18 Å². The monoisotopic (exact) mass is 516 g/mol. The number of amides is 2. The van der Waals surface area contributed by atoms with Gasteiger partial charge in [0.2, 0.25) is 0 Å². The van der Waals surface area contributed by atoms with Crippen molar-refractivity contribution >= 4 is 35.0 Å². The molecule has 0 saturated heterocycles. The summed E-state index contributed by atoms with van der Waals surface area (Å²) in [6.45, 7) is 0.591. The molecule has 0 bridgehead atoms. The van der Waals surface area contributed by atoms with E-state index in [1.807, 2.05) is 0 Å². The van der Waals surface area contributed by atoms with Crippen LogP contribution < -0.4 is 14.8 Å². The van der Waals surface area contributed by atoms with Gasteiger partial charge < -0.3 is 14.8 Å². The number of halogens is 3. The zero-order chi connectivity index (χ0) is 24.9. The molecule has 0 radical (unpaired) electrons. The van der Waals surface area contributed by atoms with Gasteiger partial charge in [0.25, 0.3) is 11.8 Å². The molecule has 3 aromatic rings. The fourth-order valence-electron chi connectivity index (χ4n) is 3.73. The maximum absolute atomic E-state index is 13.1. The predicted molar refractivity (Wildman–Crippen MR) is 129 cm³/mol. The van der Waals surface area contributed by atoms with Gasteiger partial charge in [-0.05, 0) is 60.9 Å². The van der Waals surface area contributed by atoms with E-state index >= 15 is 0 Å². The highest BCUT2D eigenvalue weighted by atomic mass is 35.5. The summed E-state index contributed by atoms with van der Waals surface area (Å²) in [5.74, 6) is -1.03. The molecule has 3 aromatic carbocycles. The van der Waals surface area contributed by atoms with Crippen molar-refractivity contribution < 1.29 is 23.5 Å². The fourth-order valence-corrected chi connectivity index (χ4v) is 4.20. The minimum absolute atomic E-state index is 0.235. The molecule has 1 aliphatic rings. The van der Waals surface area contributed by atoms with Crippen LogP contribution in [0.25, 0.3) is 0 Å². The van der Waals surface area contributed by atoms with Crippen LogP contribution in [0.1, 0.15) is 33.8 Å². The Bertz CT molecular complexity index is 1280. The van der Waals surface area contributed by atoms with Gasteiger partial charge in [0.1, 0.15) is 23.1 Å². The molecule has 7 nitrogen and oxygen atoms in total. The Morgan fingerprint density at radius 3 is 2.57 bits per heavy atom. The van der Waals surface area contributed by atoms with Crippen LogP contribution >= 0.6 is 23.2 Å². The molecular formula is C25H19Cl2FN2O5. The molecule has 2 amide bonds. The van der Waals surface area contributed by atoms with Crippen LogP contribution in [-0.2, 0) is 11.2 Å². The number of benzene rings is 3. The van der Waals surface area contributed by atoms with Crippen molar-refractivity contribution in [1.29, 1.82) is 0 Å². The van der Waals surface area contributed by atoms with E-state index in [0.717, 1.165) is 5.56 Å². The summed E-state index contributed by atoms with van der Waals surface area (Å²) < 4.78 is 24.6. The quantitative estimate of drug-likeness (QED) is 0.385. The van der Waals surface area contributed by atoms with Crippen molar-refractivity contribution in [3.8, 4) is 17.2 Å². The average Bonchev–Trinajstić information content (AvgIpc) is 2.85. The number of nitroso groups, excluding NO2 is 1. The normalized spacial score (nSPS) is 14.4. The van der Waals surface area contributed by atoms with E-state index in [9.17, 15) is 18.9 Å². The third-order valence-corrected chi connectivity index (χ3v) is 6.18. The van der Waals surface area contributed by atoms with Gasteiger partial charge in [0.05, 0.1) is 17.5 Å². The SMILES string of the molecule is O=NC(=O)C1CCOc2cc(Oc3ccc(C(=O)NCCc4ccc(F)cc4Cl)cc3)c(Cl)cc21. The number of ether oxygens (including phenoxy) is 2. The molecule has 35 heavy (non-hydrogen) atoms. The van der Waals surface area contributed by atoms with Crippen LogP contribution in [0.3, 0.4) is 0 Å². The maximum Gasteiger partial charge on any atom is 0.294 e. The lowest BCUT2D eigenvalue weighted by molar-refractivity contribution is -0.119. The first kappa shape index (κ1) is 24.6. The smallest absolute Gasteiger partial charge is 0.294 e. The van der Waals surface area contributed by atoms with E-state index in [-0.39, 0.29) is 17.5 Å². The van der Waals surface area contributed by atoms with Gasteiger partial charge in [-0.15, -0.1) is 4.91 Å². The number of nitrogens with zero attached hydrogens (tertiary/aromatic N) is 1. The molecule has 0 aliphatic carbocycles. The van der Waals surface area contributed by atoms with E-state index in [4.69, 9.17) is 32.7 Å². The Hall–Kier alpha value is -3.49. The Morgan fingerprint density at radius 2 is 1.86 bits per heavy atom. The first-order chi connectivity index (χ1) is 16.9. The zero-order valence-electron chi connectivity index (χ0n) is 18.2. The molecule has 1 unspecified atom stereocenters. The van der Waals surface area contributed by atoms with Crippen LogP contribution in [0.4, 0.5) is 4.39 Å². The first-order valence-electron chi connectivity index (χ1n) is 10.7. The van der Waals surface area contributed by atoms with Crippen molar-refractivity contribution in [2.75, 3.05) is 13.2 Å². The second-order valence-corrected chi connectivity index (χ2v) is 8.62. The molecule has 0 aromatic heterocycles. The summed E-state index contributed by atoms with van der Waals surface area (Å²) in [7, 11) is 0. The van der Waals surface area contributed by atoms with Crippen LogP contribution in [0, 0.1) is 10.7 Å². The lowest BCUT2D eigenvalue weighted by atomic mass is 9.92.